The molecule has 168 valence electrons. The van der Waals surface area contributed by atoms with Crippen molar-refractivity contribution in [3.8, 4) is 0 Å². The molecule has 2 aromatic rings. The van der Waals surface area contributed by atoms with Crippen molar-refractivity contribution in [1.29, 1.82) is 0 Å². The maximum Gasteiger partial charge on any atom is 0.416 e. The van der Waals surface area contributed by atoms with Crippen LogP contribution in [0.15, 0.2) is 29.3 Å². The number of benzene rings is 1. The molecule has 0 spiro atoms. The van der Waals surface area contributed by atoms with Crippen LogP contribution in [0.4, 0.5) is 13.2 Å². The number of rotatable bonds is 8. The highest BCUT2D eigenvalue weighted by Crippen LogP contribution is 2.30. The van der Waals surface area contributed by atoms with Crippen LogP contribution in [0.25, 0.3) is 0 Å². The lowest BCUT2D eigenvalue weighted by atomic mass is 10.1. The highest BCUT2D eigenvalue weighted by atomic mass is 127. The van der Waals surface area contributed by atoms with E-state index in [1.165, 1.54) is 6.07 Å². The molecule has 1 atom stereocenters. The summed E-state index contributed by atoms with van der Waals surface area (Å²) in [5.41, 5.74) is -0.127. The number of alkyl halides is 3. The summed E-state index contributed by atoms with van der Waals surface area (Å²) in [6.45, 7) is 4.68. The van der Waals surface area contributed by atoms with Crippen LogP contribution < -0.4 is 10.6 Å². The maximum absolute atomic E-state index is 13.0. The average molecular weight is 556 g/mol. The van der Waals surface area contributed by atoms with E-state index in [1.54, 1.807) is 24.8 Å². The minimum absolute atomic E-state index is 0. The maximum atomic E-state index is 13.0. The van der Waals surface area contributed by atoms with Crippen molar-refractivity contribution in [2.45, 2.75) is 39.0 Å². The van der Waals surface area contributed by atoms with Gasteiger partial charge in [-0.1, -0.05) is 12.1 Å². The molecule has 0 aliphatic heterocycles. The van der Waals surface area contributed by atoms with Crippen LogP contribution in [0.2, 0.25) is 0 Å². The number of hydrogen-bond acceptors (Lipinski definition) is 4. The number of hydrogen-bond donors (Lipinski definition) is 2. The average Bonchev–Trinajstić information content (AvgIpc) is 3.00. The fourth-order valence-corrected chi connectivity index (χ4v) is 3.02. The first kappa shape index (κ1) is 26.5. The number of aliphatic imine (C=N–C) groups is 1. The molecular weight excluding hydrogens is 528 g/mol. The Morgan fingerprint density at radius 3 is 2.63 bits per heavy atom. The van der Waals surface area contributed by atoms with Gasteiger partial charge < -0.3 is 15.2 Å². The van der Waals surface area contributed by atoms with Crippen molar-refractivity contribution < 1.29 is 13.2 Å². The molecule has 1 aromatic heterocycles. The van der Waals surface area contributed by atoms with E-state index < -0.39 is 11.7 Å². The largest absolute Gasteiger partial charge is 0.416 e. The molecule has 1 unspecified atom stereocenters. The predicted octanol–water partition coefficient (Wildman–Crippen LogP) is 4.31. The number of guanidine groups is 1. The molecule has 0 bridgehead atoms. The summed E-state index contributed by atoms with van der Waals surface area (Å²) < 4.78 is 40.9. The fraction of sp³-hybridized carbons (Fsp3) is 0.526. The van der Waals surface area contributed by atoms with Gasteiger partial charge in [0.15, 0.2) is 11.8 Å². The SMILES string of the molecule is CSCCCNC(=NCc1nnc(C)n1C)NC(C)c1cccc(C(F)(F)F)c1.I. The zero-order chi connectivity index (χ0) is 21.4. The molecule has 1 aromatic carbocycles. The molecule has 0 amide bonds. The first-order valence-corrected chi connectivity index (χ1v) is 10.7. The van der Waals surface area contributed by atoms with Crippen LogP contribution in [0.3, 0.4) is 0 Å². The summed E-state index contributed by atoms with van der Waals surface area (Å²) in [5, 5.41) is 14.5. The van der Waals surface area contributed by atoms with Crippen LogP contribution in [-0.2, 0) is 19.8 Å². The van der Waals surface area contributed by atoms with Crippen LogP contribution in [0, 0.1) is 6.92 Å². The summed E-state index contributed by atoms with van der Waals surface area (Å²) in [5.74, 6) is 3.03. The molecule has 1 heterocycles. The first-order valence-electron chi connectivity index (χ1n) is 9.28. The van der Waals surface area contributed by atoms with E-state index in [4.69, 9.17) is 0 Å². The second-order valence-electron chi connectivity index (χ2n) is 6.65. The van der Waals surface area contributed by atoms with Gasteiger partial charge in [-0.3, -0.25) is 0 Å². The lowest BCUT2D eigenvalue weighted by Gasteiger charge is -2.20. The van der Waals surface area contributed by atoms with Crippen LogP contribution in [0.1, 0.15) is 42.2 Å². The minimum Gasteiger partial charge on any atom is -0.356 e. The molecule has 2 N–H and O–H groups in total. The third-order valence-corrected chi connectivity index (χ3v) is 5.14. The minimum atomic E-state index is -4.37. The van der Waals surface area contributed by atoms with Gasteiger partial charge in [0.2, 0.25) is 0 Å². The third kappa shape index (κ3) is 7.97. The Morgan fingerprint density at radius 1 is 1.30 bits per heavy atom. The summed E-state index contributed by atoms with van der Waals surface area (Å²) in [6.07, 6.45) is -1.38. The molecule has 0 fully saturated rings. The van der Waals surface area contributed by atoms with Crippen molar-refractivity contribution in [2.75, 3.05) is 18.6 Å². The Morgan fingerprint density at radius 2 is 2.03 bits per heavy atom. The quantitative estimate of drug-likeness (QED) is 0.220. The fourth-order valence-electron chi connectivity index (χ4n) is 2.59. The Labute approximate surface area is 196 Å². The van der Waals surface area contributed by atoms with E-state index in [0.717, 1.165) is 30.1 Å². The summed E-state index contributed by atoms with van der Waals surface area (Å²) in [6, 6.07) is 4.97. The van der Waals surface area contributed by atoms with E-state index in [2.05, 4.69) is 25.8 Å². The van der Waals surface area contributed by atoms with Crippen LogP contribution in [0.5, 0.6) is 0 Å². The molecule has 6 nitrogen and oxygen atoms in total. The Kier molecular flexibility index (Phi) is 10.9. The number of halogens is 4. The molecule has 30 heavy (non-hydrogen) atoms. The molecular formula is C19H28F3IN6S. The molecule has 11 heteroatoms. The molecule has 0 aliphatic carbocycles. The Balaban J connectivity index is 0.00000450. The summed E-state index contributed by atoms with van der Waals surface area (Å²) in [7, 11) is 1.87. The van der Waals surface area contributed by atoms with Gasteiger partial charge >= 0.3 is 6.18 Å². The van der Waals surface area contributed by atoms with Gasteiger partial charge in [0.05, 0.1) is 11.6 Å². The first-order chi connectivity index (χ1) is 13.7. The molecule has 0 saturated heterocycles. The van der Waals surface area contributed by atoms with E-state index in [0.29, 0.717) is 30.4 Å². The molecule has 0 radical (unpaired) electrons. The number of nitrogens with one attached hydrogen (secondary N) is 2. The zero-order valence-electron chi connectivity index (χ0n) is 17.5. The second kappa shape index (κ2) is 12.4. The van der Waals surface area contributed by atoms with E-state index in [1.807, 2.05) is 24.8 Å². The highest BCUT2D eigenvalue weighted by molar-refractivity contribution is 14.0. The molecule has 0 aliphatic rings. The number of thioether (sulfide) groups is 1. The van der Waals surface area contributed by atoms with Gasteiger partial charge in [-0.2, -0.15) is 24.9 Å². The zero-order valence-corrected chi connectivity index (χ0v) is 20.6. The van der Waals surface area contributed by atoms with Gasteiger partial charge in [0.1, 0.15) is 12.4 Å². The van der Waals surface area contributed by atoms with Crippen molar-refractivity contribution in [3.63, 3.8) is 0 Å². The highest BCUT2D eigenvalue weighted by Gasteiger charge is 2.30. The van der Waals surface area contributed by atoms with Gasteiger partial charge in [0, 0.05) is 13.6 Å². The topological polar surface area (TPSA) is 67.1 Å². The lowest BCUT2D eigenvalue weighted by molar-refractivity contribution is -0.137. The Hall–Kier alpha value is -1.50. The van der Waals surface area contributed by atoms with Crippen LogP contribution >= 0.6 is 35.7 Å². The van der Waals surface area contributed by atoms with Gasteiger partial charge in [-0.25, -0.2) is 4.99 Å². The Bertz CT molecular complexity index is 825. The standard InChI is InChI=1S/C19H27F3N6S.HI/c1-13(15-7-5-8-16(11-15)19(20,21)22)25-18(23-9-6-10-29-4)24-12-17-27-26-14(2)28(17)3;/h5,7-8,11,13H,6,9-10,12H2,1-4H3,(H2,23,24,25);1H. The lowest BCUT2D eigenvalue weighted by Crippen LogP contribution is -2.39. The van der Waals surface area contributed by atoms with Crippen LogP contribution in [-0.4, -0.2) is 39.3 Å². The van der Waals surface area contributed by atoms with Gasteiger partial charge in [0.25, 0.3) is 0 Å². The van der Waals surface area contributed by atoms with Crippen molar-refractivity contribution in [3.05, 3.63) is 47.0 Å². The molecule has 2 rings (SSSR count). The smallest absolute Gasteiger partial charge is 0.356 e. The van der Waals surface area contributed by atoms with Crippen molar-refractivity contribution in [1.82, 2.24) is 25.4 Å². The van der Waals surface area contributed by atoms with E-state index >= 15 is 0 Å². The number of aromatic nitrogens is 3. The monoisotopic (exact) mass is 556 g/mol. The normalized spacial score (nSPS) is 13.0. The van der Waals surface area contributed by atoms with Gasteiger partial charge in [-0.05, 0) is 50.0 Å². The summed E-state index contributed by atoms with van der Waals surface area (Å²) in [4.78, 5) is 4.54. The number of aryl methyl sites for hydroxylation is 1. The second-order valence-corrected chi connectivity index (χ2v) is 7.64. The van der Waals surface area contributed by atoms with E-state index in [-0.39, 0.29) is 30.0 Å². The number of nitrogens with zero attached hydrogens (tertiary/aromatic N) is 4. The summed E-state index contributed by atoms with van der Waals surface area (Å²) >= 11 is 1.75. The predicted molar refractivity (Wildman–Crippen MR) is 126 cm³/mol. The molecule has 0 saturated carbocycles. The van der Waals surface area contributed by atoms with Crippen molar-refractivity contribution in [2.24, 2.45) is 12.0 Å². The van der Waals surface area contributed by atoms with E-state index in [9.17, 15) is 13.2 Å². The van der Waals surface area contributed by atoms with Gasteiger partial charge in [-0.15, -0.1) is 34.2 Å². The van der Waals surface area contributed by atoms with Crippen molar-refractivity contribution >= 4 is 41.7 Å². The third-order valence-electron chi connectivity index (χ3n) is 4.45.